The van der Waals surface area contributed by atoms with Gasteiger partial charge in [-0.25, -0.2) is 0 Å². The molecule has 2 aliphatic rings. The van der Waals surface area contributed by atoms with Crippen molar-refractivity contribution in [1.29, 1.82) is 0 Å². The Kier molecular flexibility index (Phi) is 3.87. The van der Waals surface area contributed by atoms with Crippen LogP contribution in [0.15, 0.2) is 18.2 Å². The highest BCUT2D eigenvalue weighted by Crippen LogP contribution is 2.29. The number of anilines is 1. The van der Waals surface area contributed by atoms with E-state index in [1.54, 1.807) is 11.1 Å². The quantitative estimate of drug-likeness (QED) is 0.817. The lowest BCUT2D eigenvalue weighted by atomic mass is 9.90. The molecule has 0 atom stereocenters. The van der Waals surface area contributed by atoms with Crippen LogP contribution in [0.25, 0.3) is 0 Å². The first kappa shape index (κ1) is 12.1. The van der Waals surface area contributed by atoms with Gasteiger partial charge in [-0.05, 0) is 55.2 Å². The van der Waals surface area contributed by atoms with Crippen LogP contribution >= 0.6 is 0 Å². The highest BCUT2D eigenvalue weighted by molar-refractivity contribution is 5.55. The fourth-order valence-electron chi connectivity index (χ4n) is 3.66. The van der Waals surface area contributed by atoms with Crippen LogP contribution in [0.2, 0.25) is 0 Å². The number of hydrogen-bond acceptors (Lipinski definition) is 1. The van der Waals surface area contributed by atoms with E-state index in [1.165, 1.54) is 70.0 Å². The molecule has 2 aliphatic carbocycles. The van der Waals surface area contributed by atoms with Crippen LogP contribution < -0.4 is 5.32 Å². The number of rotatable bonds is 4. The minimum atomic E-state index is 0.997. The van der Waals surface area contributed by atoms with Gasteiger partial charge in [-0.2, -0.15) is 0 Å². The molecule has 0 heterocycles. The number of hydrogen-bond donors (Lipinski definition) is 1. The van der Waals surface area contributed by atoms with E-state index in [4.69, 9.17) is 0 Å². The third kappa shape index (κ3) is 2.71. The van der Waals surface area contributed by atoms with Crippen molar-refractivity contribution in [2.75, 3.05) is 11.9 Å². The summed E-state index contributed by atoms with van der Waals surface area (Å²) < 4.78 is 0. The molecule has 1 fully saturated rings. The van der Waals surface area contributed by atoms with Gasteiger partial charge in [0.25, 0.3) is 0 Å². The molecule has 0 bridgehead atoms. The minimum Gasteiger partial charge on any atom is -0.385 e. The van der Waals surface area contributed by atoms with Crippen LogP contribution in [-0.4, -0.2) is 6.54 Å². The summed E-state index contributed by atoms with van der Waals surface area (Å²) in [4.78, 5) is 0. The second-order valence-corrected chi connectivity index (χ2v) is 6.02. The van der Waals surface area contributed by atoms with E-state index in [-0.39, 0.29) is 0 Å². The lowest BCUT2D eigenvalue weighted by molar-refractivity contribution is 0.518. The van der Waals surface area contributed by atoms with E-state index in [1.807, 2.05) is 0 Å². The predicted molar refractivity (Wildman–Crippen MR) is 78.1 cm³/mol. The average molecular weight is 243 g/mol. The van der Waals surface area contributed by atoms with Crippen LogP contribution in [0.4, 0.5) is 5.69 Å². The summed E-state index contributed by atoms with van der Waals surface area (Å²) in [5.74, 6) is 0.997. The smallest absolute Gasteiger partial charge is 0.0375 e. The lowest BCUT2D eigenvalue weighted by Gasteiger charge is -2.20. The second kappa shape index (κ2) is 5.77. The maximum Gasteiger partial charge on any atom is 0.0375 e. The van der Waals surface area contributed by atoms with Crippen LogP contribution in [0.5, 0.6) is 0 Å². The number of benzene rings is 1. The summed E-state index contributed by atoms with van der Waals surface area (Å²) in [6, 6.07) is 6.82. The Hall–Kier alpha value is -0.980. The highest BCUT2D eigenvalue weighted by Gasteiger charge is 2.15. The van der Waals surface area contributed by atoms with Gasteiger partial charge in [0.05, 0.1) is 0 Å². The van der Waals surface area contributed by atoms with Crippen molar-refractivity contribution in [2.24, 2.45) is 5.92 Å². The molecule has 1 aromatic carbocycles. The van der Waals surface area contributed by atoms with E-state index in [2.05, 4.69) is 23.5 Å². The number of nitrogens with one attached hydrogen (secondary N) is 1. The summed E-state index contributed by atoms with van der Waals surface area (Å²) in [7, 11) is 0. The summed E-state index contributed by atoms with van der Waals surface area (Å²) in [5.41, 5.74) is 4.62. The molecule has 0 saturated heterocycles. The third-order valence-corrected chi connectivity index (χ3v) is 4.74. The maximum atomic E-state index is 3.70. The van der Waals surface area contributed by atoms with Gasteiger partial charge in [-0.15, -0.1) is 0 Å². The van der Waals surface area contributed by atoms with E-state index in [0.717, 1.165) is 5.92 Å². The van der Waals surface area contributed by atoms with Crippen molar-refractivity contribution in [3.05, 3.63) is 29.3 Å². The van der Waals surface area contributed by atoms with Gasteiger partial charge in [-0.1, -0.05) is 37.8 Å². The molecular formula is C17H25N. The molecule has 0 amide bonds. The van der Waals surface area contributed by atoms with Gasteiger partial charge in [0.15, 0.2) is 0 Å². The Morgan fingerprint density at radius 3 is 2.72 bits per heavy atom. The monoisotopic (exact) mass is 243 g/mol. The minimum absolute atomic E-state index is 0.997. The second-order valence-electron chi connectivity index (χ2n) is 6.02. The van der Waals surface area contributed by atoms with Gasteiger partial charge in [0.2, 0.25) is 0 Å². The Bertz CT molecular complexity index is 391. The Morgan fingerprint density at radius 2 is 1.83 bits per heavy atom. The van der Waals surface area contributed by atoms with E-state index in [9.17, 15) is 0 Å². The van der Waals surface area contributed by atoms with Gasteiger partial charge >= 0.3 is 0 Å². The fourth-order valence-corrected chi connectivity index (χ4v) is 3.66. The summed E-state index contributed by atoms with van der Waals surface area (Å²) >= 11 is 0. The number of fused-ring (bicyclic) bond motifs is 1. The van der Waals surface area contributed by atoms with Crippen molar-refractivity contribution >= 4 is 5.69 Å². The first-order chi connectivity index (χ1) is 8.93. The molecule has 1 aromatic rings. The fraction of sp³-hybridized carbons (Fsp3) is 0.647. The zero-order chi connectivity index (χ0) is 12.2. The Morgan fingerprint density at radius 1 is 1.00 bits per heavy atom. The van der Waals surface area contributed by atoms with Crippen LogP contribution in [-0.2, 0) is 12.8 Å². The molecule has 1 nitrogen and oxygen atoms in total. The van der Waals surface area contributed by atoms with Gasteiger partial charge in [0.1, 0.15) is 0 Å². The molecule has 0 unspecified atom stereocenters. The summed E-state index contributed by atoms with van der Waals surface area (Å²) in [6.45, 7) is 1.17. The Labute approximate surface area is 111 Å². The first-order valence-corrected chi connectivity index (χ1v) is 7.78. The van der Waals surface area contributed by atoms with E-state index < -0.39 is 0 Å². The van der Waals surface area contributed by atoms with Crippen molar-refractivity contribution in [3.8, 4) is 0 Å². The van der Waals surface area contributed by atoms with Gasteiger partial charge < -0.3 is 5.32 Å². The summed E-state index contributed by atoms with van der Waals surface area (Å²) in [5, 5.41) is 3.70. The molecule has 0 aromatic heterocycles. The molecule has 3 rings (SSSR count). The van der Waals surface area contributed by atoms with Crippen molar-refractivity contribution in [3.63, 3.8) is 0 Å². The zero-order valence-electron chi connectivity index (χ0n) is 11.4. The molecule has 0 radical (unpaired) electrons. The maximum absolute atomic E-state index is 3.70. The molecule has 98 valence electrons. The zero-order valence-corrected chi connectivity index (χ0v) is 11.4. The van der Waals surface area contributed by atoms with Gasteiger partial charge in [0, 0.05) is 12.2 Å². The highest BCUT2D eigenvalue weighted by atomic mass is 14.9. The predicted octanol–water partition coefficient (Wildman–Crippen LogP) is 4.56. The van der Waals surface area contributed by atoms with Crippen molar-refractivity contribution in [2.45, 2.75) is 57.8 Å². The van der Waals surface area contributed by atoms with Gasteiger partial charge in [-0.3, -0.25) is 0 Å². The van der Waals surface area contributed by atoms with Crippen LogP contribution in [0, 0.1) is 5.92 Å². The normalized spacial score (nSPS) is 19.8. The molecular weight excluding hydrogens is 218 g/mol. The molecule has 1 heteroatoms. The van der Waals surface area contributed by atoms with Crippen LogP contribution in [0.1, 0.15) is 56.1 Å². The van der Waals surface area contributed by atoms with Crippen molar-refractivity contribution < 1.29 is 0 Å². The first-order valence-electron chi connectivity index (χ1n) is 7.78. The summed E-state index contributed by atoms with van der Waals surface area (Å²) in [6.07, 6.45) is 12.5. The van der Waals surface area contributed by atoms with Crippen molar-refractivity contribution in [1.82, 2.24) is 0 Å². The topological polar surface area (TPSA) is 12.0 Å². The Balaban J connectivity index is 1.58. The van der Waals surface area contributed by atoms with Crippen LogP contribution in [0.3, 0.4) is 0 Å². The standard InChI is InChI=1S/C17H25N/c1-2-7-14(6-1)12-13-18-17-11-5-9-15-8-3-4-10-16(15)17/h5,9,11,14,18H,1-4,6-8,10,12-13H2. The molecule has 0 spiro atoms. The molecule has 1 saturated carbocycles. The lowest BCUT2D eigenvalue weighted by Crippen LogP contribution is -2.11. The third-order valence-electron chi connectivity index (χ3n) is 4.74. The molecule has 18 heavy (non-hydrogen) atoms. The molecule has 1 N–H and O–H groups in total. The average Bonchev–Trinajstić information content (AvgIpc) is 2.92. The molecule has 0 aliphatic heterocycles. The van der Waals surface area contributed by atoms with E-state index in [0.29, 0.717) is 0 Å². The van der Waals surface area contributed by atoms with E-state index >= 15 is 0 Å². The number of aryl methyl sites for hydroxylation is 1. The SMILES string of the molecule is c1cc2c(c(NCCC3CCCC3)c1)CCCC2. The largest absolute Gasteiger partial charge is 0.385 e.